The van der Waals surface area contributed by atoms with Crippen LogP contribution in [0.2, 0.25) is 0 Å². The topological polar surface area (TPSA) is 17.1 Å². The second kappa shape index (κ2) is 4.66. The Kier molecular flexibility index (Phi) is 3.77. The van der Waals surface area contributed by atoms with Gasteiger partial charge in [-0.25, -0.2) is 0 Å². The molecule has 3 heteroatoms. The van der Waals surface area contributed by atoms with Crippen LogP contribution in [0.3, 0.4) is 0 Å². The van der Waals surface area contributed by atoms with Crippen LogP contribution in [0, 0.1) is 0 Å². The third kappa shape index (κ3) is 3.20. The van der Waals surface area contributed by atoms with Crippen LogP contribution in [0.5, 0.6) is 0 Å². The Bertz CT molecular complexity index is 412. The van der Waals surface area contributed by atoms with E-state index in [1.165, 1.54) is 5.82 Å². The van der Waals surface area contributed by atoms with E-state index in [1.807, 2.05) is 32.0 Å². The third-order valence-electron chi connectivity index (χ3n) is 1.63. The maximum absolute atomic E-state index is 12.0. The van der Waals surface area contributed by atoms with Gasteiger partial charge in [0.05, 0.1) is 0 Å². The Morgan fingerprint density at radius 2 is 1.93 bits per heavy atom. The van der Waals surface area contributed by atoms with Gasteiger partial charge in [-0.3, -0.25) is 4.57 Å². The molecule has 0 radical (unpaired) electrons. The van der Waals surface area contributed by atoms with Crippen molar-refractivity contribution < 1.29 is 4.57 Å². The fourth-order valence-electron chi connectivity index (χ4n) is 0.918. The third-order valence-corrected chi connectivity index (χ3v) is 3.97. The smallest absolute Gasteiger partial charge is 0.226 e. The van der Waals surface area contributed by atoms with Crippen molar-refractivity contribution in [3.05, 3.63) is 47.5 Å². The first-order chi connectivity index (χ1) is 6.52. The molecule has 0 saturated carbocycles. The molecule has 1 aromatic carbocycles. The highest BCUT2D eigenvalue weighted by Crippen LogP contribution is 2.51. The average molecular weight is 227 g/mol. The van der Waals surface area contributed by atoms with Crippen LogP contribution in [0.25, 0.3) is 0 Å². The number of halogens is 1. The molecular weight excluding hydrogens is 215 g/mol. The minimum atomic E-state index is -2.88. The summed E-state index contributed by atoms with van der Waals surface area (Å²) in [6, 6.07) is 9.03. The maximum Gasteiger partial charge on any atom is 0.226 e. The Hall–Kier alpha value is -0.740. The van der Waals surface area contributed by atoms with Gasteiger partial charge in [0, 0.05) is 11.1 Å². The van der Waals surface area contributed by atoms with Crippen molar-refractivity contribution in [1.29, 1.82) is 0 Å². The Morgan fingerprint density at radius 1 is 1.36 bits per heavy atom. The standard InChI is InChI=1S/C11H12ClOP/c1-10(2)8-9-14(12,13)11-6-4-3-5-7-11/h3-7,9H,1-2H3. The fourth-order valence-corrected chi connectivity index (χ4v) is 2.55. The zero-order valence-electron chi connectivity index (χ0n) is 8.20. The predicted octanol–water partition coefficient (Wildman–Crippen LogP) is 3.91. The number of rotatable bonds is 2. The summed E-state index contributed by atoms with van der Waals surface area (Å²) in [6.07, 6.45) is 0. The molecule has 1 rings (SSSR count). The van der Waals surface area contributed by atoms with Crippen molar-refractivity contribution in [2.75, 3.05) is 0 Å². The lowest BCUT2D eigenvalue weighted by Crippen LogP contribution is -1.96. The van der Waals surface area contributed by atoms with E-state index in [2.05, 4.69) is 5.73 Å². The normalized spacial score (nSPS) is 13.9. The molecule has 0 heterocycles. The summed E-state index contributed by atoms with van der Waals surface area (Å²) >= 11 is 5.93. The molecule has 0 aliphatic rings. The molecule has 14 heavy (non-hydrogen) atoms. The quantitative estimate of drug-likeness (QED) is 0.552. The largest absolute Gasteiger partial charge is 0.296 e. The summed E-state index contributed by atoms with van der Waals surface area (Å²) in [5.74, 6) is 1.46. The molecule has 0 aromatic heterocycles. The molecule has 0 amide bonds. The molecule has 1 nitrogen and oxygen atoms in total. The van der Waals surface area contributed by atoms with Gasteiger partial charge in [-0.15, -0.1) is 5.73 Å². The van der Waals surface area contributed by atoms with E-state index >= 15 is 0 Å². The number of hydrogen-bond acceptors (Lipinski definition) is 1. The number of allylic oxidation sites excluding steroid dienone is 1. The average Bonchev–Trinajstić information content (AvgIpc) is 2.16. The molecule has 0 bridgehead atoms. The van der Waals surface area contributed by atoms with Gasteiger partial charge in [-0.2, -0.15) is 0 Å². The van der Waals surface area contributed by atoms with E-state index in [9.17, 15) is 4.57 Å². The molecule has 0 aliphatic heterocycles. The molecule has 1 aromatic rings. The minimum Gasteiger partial charge on any atom is -0.296 e. The van der Waals surface area contributed by atoms with Crippen LogP contribution in [0.15, 0.2) is 47.5 Å². The Labute approximate surface area is 89.3 Å². The van der Waals surface area contributed by atoms with Gasteiger partial charge < -0.3 is 0 Å². The number of benzene rings is 1. The highest BCUT2D eigenvalue weighted by Gasteiger charge is 2.16. The van der Waals surface area contributed by atoms with Crippen LogP contribution >= 0.6 is 17.7 Å². The first-order valence-electron chi connectivity index (χ1n) is 4.28. The first-order valence-corrected chi connectivity index (χ1v) is 6.96. The molecule has 0 fully saturated rings. The summed E-state index contributed by atoms with van der Waals surface area (Å²) in [5, 5.41) is 0.649. The van der Waals surface area contributed by atoms with Crippen molar-refractivity contribution in [1.82, 2.24) is 0 Å². The van der Waals surface area contributed by atoms with Crippen molar-refractivity contribution in [3.63, 3.8) is 0 Å². The molecule has 0 saturated heterocycles. The van der Waals surface area contributed by atoms with E-state index in [4.69, 9.17) is 11.2 Å². The lowest BCUT2D eigenvalue weighted by Gasteiger charge is -2.03. The van der Waals surface area contributed by atoms with Crippen molar-refractivity contribution in [3.8, 4) is 0 Å². The summed E-state index contributed by atoms with van der Waals surface area (Å²) in [4.78, 5) is 0. The number of hydrogen-bond donors (Lipinski definition) is 0. The molecule has 74 valence electrons. The second-order valence-electron chi connectivity index (χ2n) is 3.19. The van der Waals surface area contributed by atoms with Gasteiger partial charge >= 0.3 is 0 Å². The summed E-state index contributed by atoms with van der Waals surface area (Å²) in [6.45, 7) is 0.891. The molecule has 0 aliphatic carbocycles. The highest BCUT2D eigenvalue weighted by atomic mass is 35.7. The van der Waals surface area contributed by atoms with Crippen molar-refractivity contribution in [2.45, 2.75) is 13.8 Å². The van der Waals surface area contributed by atoms with Gasteiger partial charge in [0.2, 0.25) is 6.49 Å². The van der Waals surface area contributed by atoms with Gasteiger partial charge in [-0.1, -0.05) is 30.3 Å². The summed E-state index contributed by atoms with van der Waals surface area (Å²) < 4.78 is 12.0. The first kappa shape index (κ1) is 11.3. The van der Waals surface area contributed by atoms with Crippen LogP contribution in [-0.2, 0) is 4.57 Å². The molecule has 0 N–H and O–H groups in total. The minimum absolute atomic E-state index is 0.649. The van der Waals surface area contributed by atoms with Gasteiger partial charge in [0.15, 0.2) is 0 Å². The Balaban J connectivity index is 3.10. The van der Waals surface area contributed by atoms with E-state index in [-0.39, 0.29) is 0 Å². The van der Waals surface area contributed by atoms with E-state index in [1.54, 1.807) is 12.1 Å². The highest BCUT2D eigenvalue weighted by molar-refractivity contribution is 7.97. The van der Waals surface area contributed by atoms with Crippen LogP contribution in [-0.4, -0.2) is 0 Å². The SMILES string of the molecule is CC(C)=C=CP(=O)(Cl)c1ccccc1. The van der Waals surface area contributed by atoms with Crippen LogP contribution in [0.4, 0.5) is 0 Å². The predicted molar refractivity (Wildman–Crippen MR) is 62.5 cm³/mol. The van der Waals surface area contributed by atoms with Crippen molar-refractivity contribution >= 4 is 23.0 Å². The van der Waals surface area contributed by atoms with Gasteiger partial charge in [-0.05, 0) is 30.7 Å². The summed E-state index contributed by atoms with van der Waals surface area (Å²) in [7, 11) is 0. The second-order valence-corrected chi connectivity index (χ2v) is 6.62. The van der Waals surface area contributed by atoms with Crippen LogP contribution in [0.1, 0.15) is 13.8 Å². The monoisotopic (exact) mass is 226 g/mol. The van der Waals surface area contributed by atoms with E-state index in [0.29, 0.717) is 5.30 Å². The van der Waals surface area contributed by atoms with E-state index < -0.39 is 6.49 Å². The lowest BCUT2D eigenvalue weighted by atomic mass is 10.4. The Morgan fingerprint density at radius 3 is 2.43 bits per heavy atom. The van der Waals surface area contributed by atoms with Gasteiger partial charge in [0.1, 0.15) is 0 Å². The lowest BCUT2D eigenvalue weighted by molar-refractivity contribution is 0.595. The molecule has 1 atom stereocenters. The van der Waals surface area contributed by atoms with Crippen molar-refractivity contribution in [2.24, 2.45) is 0 Å². The zero-order valence-corrected chi connectivity index (χ0v) is 9.85. The maximum atomic E-state index is 12.0. The zero-order chi connectivity index (χ0) is 10.6. The summed E-state index contributed by atoms with van der Waals surface area (Å²) in [5.41, 5.74) is 3.84. The molecular formula is C11H12ClOP. The van der Waals surface area contributed by atoms with Gasteiger partial charge in [0.25, 0.3) is 0 Å². The fraction of sp³-hybridized carbons (Fsp3) is 0.182. The molecule has 1 unspecified atom stereocenters. The van der Waals surface area contributed by atoms with Crippen LogP contribution < -0.4 is 5.30 Å². The molecule has 0 spiro atoms. The van der Waals surface area contributed by atoms with E-state index in [0.717, 1.165) is 5.57 Å².